The number of likely N-dealkylation sites (tertiary alicyclic amines) is 1. The summed E-state index contributed by atoms with van der Waals surface area (Å²) in [5.74, 6) is -0.513. The largest absolute Gasteiger partial charge is 0.391 e. The number of aliphatic hydroxyl groups is 1. The third-order valence-electron chi connectivity index (χ3n) is 4.83. The van der Waals surface area contributed by atoms with Crippen LogP contribution in [0.2, 0.25) is 0 Å². The molecule has 2 aliphatic heterocycles. The van der Waals surface area contributed by atoms with Gasteiger partial charge in [-0.15, -0.1) is 0 Å². The van der Waals surface area contributed by atoms with Gasteiger partial charge in [0.1, 0.15) is 12.3 Å². The van der Waals surface area contributed by atoms with Gasteiger partial charge < -0.3 is 19.7 Å². The maximum absolute atomic E-state index is 13.0. The molecule has 3 atom stereocenters. The number of amides is 2. The average Bonchev–Trinajstić information content (AvgIpc) is 3.08. The topological polar surface area (TPSA) is 77.9 Å². The van der Waals surface area contributed by atoms with E-state index >= 15 is 0 Å². The Morgan fingerprint density at radius 2 is 2.04 bits per heavy atom. The maximum atomic E-state index is 13.0. The molecular formula is C18H22N2O4. The molecule has 0 aliphatic carbocycles. The first-order valence-electron chi connectivity index (χ1n) is 8.26. The van der Waals surface area contributed by atoms with E-state index in [-0.39, 0.29) is 30.7 Å². The molecule has 3 unspecified atom stereocenters. The van der Waals surface area contributed by atoms with E-state index < -0.39 is 18.2 Å². The number of aliphatic hydroxyl groups excluding tert-OH is 1. The highest BCUT2D eigenvalue weighted by molar-refractivity contribution is 6.01. The quantitative estimate of drug-likeness (QED) is 0.830. The van der Waals surface area contributed by atoms with Crippen molar-refractivity contribution in [3.8, 4) is 0 Å². The summed E-state index contributed by atoms with van der Waals surface area (Å²) < 4.78 is 0. The molecule has 6 heteroatoms. The summed E-state index contributed by atoms with van der Waals surface area (Å²) in [5.41, 5.74) is 1.54. The average molecular weight is 330 g/mol. The molecule has 128 valence electrons. The lowest BCUT2D eigenvalue weighted by Crippen LogP contribution is -2.53. The molecule has 1 saturated heterocycles. The summed E-state index contributed by atoms with van der Waals surface area (Å²) in [4.78, 5) is 40.0. The predicted octanol–water partition coefficient (Wildman–Crippen LogP) is 0.828. The van der Waals surface area contributed by atoms with Gasteiger partial charge in [-0.2, -0.15) is 0 Å². The van der Waals surface area contributed by atoms with E-state index in [1.54, 1.807) is 11.0 Å². The molecule has 1 fully saturated rings. The first kappa shape index (κ1) is 16.6. The fraction of sp³-hybridized carbons (Fsp3) is 0.500. The summed E-state index contributed by atoms with van der Waals surface area (Å²) in [6.07, 6.45) is 0.267. The van der Waals surface area contributed by atoms with E-state index in [4.69, 9.17) is 0 Å². The number of β-amino-alcohol motifs (C(OH)–C–C–N with tert-alkyl or cyclic N) is 1. The van der Waals surface area contributed by atoms with Crippen LogP contribution in [0.5, 0.6) is 0 Å². The lowest BCUT2D eigenvalue weighted by molar-refractivity contribution is -0.140. The fourth-order valence-corrected chi connectivity index (χ4v) is 3.68. The minimum absolute atomic E-state index is 0.0965. The molecule has 0 spiro atoms. The third-order valence-corrected chi connectivity index (χ3v) is 4.83. The molecule has 0 radical (unpaired) electrons. The number of rotatable bonds is 4. The van der Waals surface area contributed by atoms with Gasteiger partial charge in [0.15, 0.2) is 0 Å². The minimum Gasteiger partial charge on any atom is -0.391 e. The normalized spacial score (nSPS) is 24.4. The van der Waals surface area contributed by atoms with Crippen molar-refractivity contribution in [3.05, 3.63) is 35.4 Å². The Morgan fingerprint density at radius 1 is 1.33 bits per heavy atom. The van der Waals surface area contributed by atoms with E-state index in [0.717, 1.165) is 5.56 Å². The first-order valence-corrected chi connectivity index (χ1v) is 8.26. The van der Waals surface area contributed by atoms with Gasteiger partial charge in [-0.1, -0.05) is 32.0 Å². The molecule has 0 bridgehead atoms. The zero-order chi connectivity index (χ0) is 17.4. The number of carbonyl (C=O) groups is 3. The van der Waals surface area contributed by atoms with Crippen LogP contribution < -0.4 is 0 Å². The smallest absolute Gasteiger partial charge is 0.255 e. The second-order valence-electron chi connectivity index (χ2n) is 6.86. The number of hydrogen-bond donors (Lipinski definition) is 1. The Morgan fingerprint density at radius 3 is 2.67 bits per heavy atom. The van der Waals surface area contributed by atoms with Gasteiger partial charge in [0.2, 0.25) is 5.91 Å². The number of benzene rings is 1. The molecule has 0 aromatic heterocycles. The summed E-state index contributed by atoms with van der Waals surface area (Å²) >= 11 is 0. The second kappa shape index (κ2) is 6.36. The van der Waals surface area contributed by atoms with Crippen molar-refractivity contribution < 1.29 is 19.5 Å². The van der Waals surface area contributed by atoms with Crippen LogP contribution in [0.1, 0.15) is 36.2 Å². The zero-order valence-corrected chi connectivity index (χ0v) is 13.9. The number of nitrogens with zero attached hydrogens (tertiary/aromatic N) is 2. The lowest BCUT2D eigenvalue weighted by Gasteiger charge is -2.34. The standard InChI is InChI=1S/C18H22N2O4/c1-11(2)16(18(24)19-9-14(22)7-13(19)10-21)20-8-12-5-3-4-6-15(12)17(20)23/h3-6,10-11,13-14,16,22H,7-9H2,1-2H3. The Labute approximate surface area is 141 Å². The summed E-state index contributed by atoms with van der Waals surface area (Å²) in [7, 11) is 0. The van der Waals surface area contributed by atoms with Crippen LogP contribution in [0, 0.1) is 5.92 Å². The van der Waals surface area contributed by atoms with E-state index in [1.807, 2.05) is 32.0 Å². The Bertz CT molecular complexity index is 673. The summed E-state index contributed by atoms with van der Waals surface area (Å²) in [6, 6.07) is 6.09. The highest BCUT2D eigenvalue weighted by atomic mass is 16.3. The van der Waals surface area contributed by atoms with E-state index in [0.29, 0.717) is 18.4 Å². The van der Waals surface area contributed by atoms with Gasteiger partial charge >= 0.3 is 0 Å². The first-order chi connectivity index (χ1) is 11.4. The van der Waals surface area contributed by atoms with Crippen LogP contribution in [-0.2, 0) is 16.1 Å². The number of carbonyl (C=O) groups excluding carboxylic acids is 3. The molecule has 1 aromatic rings. The van der Waals surface area contributed by atoms with Crippen LogP contribution in [-0.4, -0.2) is 57.7 Å². The van der Waals surface area contributed by atoms with Crippen LogP contribution >= 0.6 is 0 Å². The van der Waals surface area contributed by atoms with Crippen molar-refractivity contribution in [1.82, 2.24) is 9.80 Å². The molecular weight excluding hydrogens is 308 g/mol. The van der Waals surface area contributed by atoms with Crippen LogP contribution in [0.4, 0.5) is 0 Å². The van der Waals surface area contributed by atoms with Crippen molar-refractivity contribution in [2.24, 2.45) is 5.92 Å². The number of aldehydes is 1. The Balaban J connectivity index is 1.88. The molecule has 1 N–H and O–H groups in total. The molecule has 1 aromatic carbocycles. The van der Waals surface area contributed by atoms with Gasteiger partial charge in [-0.05, 0) is 17.5 Å². The highest BCUT2D eigenvalue weighted by Gasteiger charge is 2.43. The van der Waals surface area contributed by atoms with Crippen molar-refractivity contribution in [2.75, 3.05) is 6.54 Å². The van der Waals surface area contributed by atoms with Crippen LogP contribution in [0.3, 0.4) is 0 Å². The van der Waals surface area contributed by atoms with Gasteiger partial charge in [0.05, 0.1) is 12.1 Å². The van der Waals surface area contributed by atoms with E-state index in [1.165, 1.54) is 4.90 Å². The van der Waals surface area contributed by atoms with Crippen LogP contribution in [0.15, 0.2) is 24.3 Å². The third kappa shape index (κ3) is 2.71. The zero-order valence-electron chi connectivity index (χ0n) is 13.9. The Hall–Kier alpha value is -2.21. The monoisotopic (exact) mass is 330 g/mol. The summed E-state index contributed by atoms with van der Waals surface area (Å²) in [5, 5.41) is 9.80. The minimum atomic E-state index is -0.691. The van der Waals surface area contributed by atoms with Crippen molar-refractivity contribution in [2.45, 2.75) is 45.0 Å². The SMILES string of the molecule is CC(C)C(C(=O)N1CC(O)CC1C=O)N1Cc2ccccc2C1=O. The lowest BCUT2D eigenvalue weighted by atomic mass is 10.0. The second-order valence-corrected chi connectivity index (χ2v) is 6.86. The maximum Gasteiger partial charge on any atom is 0.255 e. The summed E-state index contributed by atoms with van der Waals surface area (Å²) in [6.45, 7) is 4.31. The molecule has 2 amide bonds. The highest BCUT2D eigenvalue weighted by Crippen LogP contribution is 2.29. The van der Waals surface area contributed by atoms with Gasteiger partial charge in [-0.3, -0.25) is 9.59 Å². The van der Waals surface area contributed by atoms with Crippen molar-refractivity contribution in [3.63, 3.8) is 0 Å². The molecule has 0 saturated carbocycles. The number of fused-ring (bicyclic) bond motifs is 1. The molecule has 2 aliphatic rings. The molecule has 3 rings (SSSR count). The van der Waals surface area contributed by atoms with Crippen LogP contribution in [0.25, 0.3) is 0 Å². The van der Waals surface area contributed by atoms with E-state index in [2.05, 4.69) is 0 Å². The van der Waals surface area contributed by atoms with Crippen molar-refractivity contribution in [1.29, 1.82) is 0 Å². The Kier molecular flexibility index (Phi) is 4.41. The number of hydrogen-bond acceptors (Lipinski definition) is 4. The van der Waals surface area contributed by atoms with Crippen molar-refractivity contribution >= 4 is 18.1 Å². The fourth-order valence-electron chi connectivity index (χ4n) is 3.68. The molecule has 24 heavy (non-hydrogen) atoms. The molecule has 6 nitrogen and oxygen atoms in total. The van der Waals surface area contributed by atoms with Gasteiger partial charge in [0.25, 0.3) is 5.91 Å². The van der Waals surface area contributed by atoms with Gasteiger partial charge in [0, 0.05) is 25.1 Å². The molecule has 2 heterocycles. The predicted molar refractivity (Wildman–Crippen MR) is 87.1 cm³/mol. The van der Waals surface area contributed by atoms with Gasteiger partial charge in [-0.25, -0.2) is 0 Å². The van der Waals surface area contributed by atoms with E-state index in [9.17, 15) is 19.5 Å².